The van der Waals surface area contributed by atoms with Crippen LogP contribution in [0.15, 0.2) is 23.2 Å². The molecular weight excluding hydrogens is 285 g/mol. The molecule has 2 heterocycles. The van der Waals surface area contributed by atoms with Gasteiger partial charge in [-0.1, -0.05) is 0 Å². The molecule has 0 saturated carbocycles. The molecule has 1 aliphatic heterocycles. The van der Waals surface area contributed by atoms with E-state index in [-0.39, 0.29) is 24.5 Å². The van der Waals surface area contributed by atoms with E-state index in [2.05, 4.69) is 10.3 Å². The number of sulfonamides is 1. The van der Waals surface area contributed by atoms with Crippen LogP contribution in [0.3, 0.4) is 0 Å². The third kappa shape index (κ3) is 3.25. The number of nitrogens with one attached hydrogen (secondary N) is 1. The van der Waals surface area contributed by atoms with Crippen LogP contribution in [-0.2, 0) is 10.0 Å². The lowest BCUT2D eigenvalue weighted by Crippen LogP contribution is -2.42. The summed E-state index contributed by atoms with van der Waals surface area (Å²) in [5.74, 6) is 0.330. The molecule has 0 amide bonds. The second kappa shape index (κ2) is 5.63. The zero-order valence-electron chi connectivity index (χ0n) is 11.5. The Labute approximate surface area is 118 Å². The molecule has 0 spiro atoms. The van der Waals surface area contributed by atoms with E-state index < -0.39 is 15.7 Å². The van der Waals surface area contributed by atoms with E-state index in [0.29, 0.717) is 12.4 Å². The highest BCUT2D eigenvalue weighted by Gasteiger charge is 2.35. The van der Waals surface area contributed by atoms with Crippen molar-refractivity contribution in [3.63, 3.8) is 0 Å². The fourth-order valence-electron chi connectivity index (χ4n) is 2.05. The molecule has 0 radical (unpaired) electrons. The van der Waals surface area contributed by atoms with Crippen molar-refractivity contribution in [2.75, 3.05) is 33.3 Å². The maximum absolute atomic E-state index is 14.1. The van der Waals surface area contributed by atoms with Gasteiger partial charge in [0, 0.05) is 32.2 Å². The summed E-state index contributed by atoms with van der Waals surface area (Å²) in [6.45, 7) is 2.00. The number of hydrogen-bond donors (Lipinski definition) is 1. The maximum atomic E-state index is 14.1. The molecule has 0 aromatic carbocycles. The first-order chi connectivity index (χ1) is 9.35. The van der Waals surface area contributed by atoms with E-state index in [1.54, 1.807) is 0 Å². The van der Waals surface area contributed by atoms with Gasteiger partial charge in [-0.05, 0) is 13.0 Å². The zero-order valence-corrected chi connectivity index (χ0v) is 12.3. The Balaban J connectivity index is 2.28. The van der Waals surface area contributed by atoms with Crippen LogP contribution in [-0.4, -0.2) is 56.7 Å². The first kappa shape index (κ1) is 15.1. The van der Waals surface area contributed by atoms with Crippen LogP contribution < -0.4 is 10.1 Å². The normalized spacial score (nSPS) is 25.1. The van der Waals surface area contributed by atoms with Crippen molar-refractivity contribution < 1.29 is 17.5 Å². The number of hydrogen-bond acceptors (Lipinski definition) is 5. The average molecular weight is 303 g/mol. The van der Waals surface area contributed by atoms with Gasteiger partial charge >= 0.3 is 0 Å². The standard InChI is InChI=1S/C12H18FN3O3S/c1-12(13)8-14-5-6-16(9-12)20(17,18)10-3-4-11(19-2)15-7-10/h3-4,7,14H,5-6,8-9H2,1-2H3. The Kier molecular flexibility index (Phi) is 4.26. The molecule has 1 aromatic heterocycles. The first-order valence-corrected chi connectivity index (χ1v) is 7.69. The Morgan fingerprint density at radius 1 is 1.50 bits per heavy atom. The Morgan fingerprint density at radius 2 is 2.25 bits per heavy atom. The highest BCUT2D eigenvalue weighted by Crippen LogP contribution is 2.22. The van der Waals surface area contributed by atoms with E-state index in [1.807, 2.05) is 0 Å². The van der Waals surface area contributed by atoms with Crippen molar-refractivity contribution in [3.8, 4) is 5.88 Å². The molecule has 1 unspecified atom stereocenters. The minimum Gasteiger partial charge on any atom is -0.481 e. The quantitative estimate of drug-likeness (QED) is 0.876. The van der Waals surface area contributed by atoms with Gasteiger partial charge in [0.05, 0.1) is 13.3 Å². The van der Waals surface area contributed by atoms with Gasteiger partial charge in [-0.25, -0.2) is 17.8 Å². The molecule has 1 fully saturated rings. The lowest BCUT2D eigenvalue weighted by Gasteiger charge is -2.25. The molecule has 1 saturated heterocycles. The van der Waals surface area contributed by atoms with Gasteiger partial charge in [-0.2, -0.15) is 4.31 Å². The highest BCUT2D eigenvalue weighted by atomic mass is 32.2. The van der Waals surface area contributed by atoms with E-state index in [0.717, 1.165) is 4.31 Å². The minimum atomic E-state index is -3.75. The van der Waals surface area contributed by atoms with Crippen molar-refractivity contribution in [2.24, 2.45) is 0 Å². The smallest absolute Gasteiger partial charge is 0.244 e. The minimum absolute atomic E-state index is 0.0380. The molecule has 0 aliphatic carbocycles. The van der Waals surface area contributed by atoms with Gasteiger partial charge in [0.25, 0.3) is 0 Å². The molecular formula is C12H18FN3O3S. The number of methoxy groups -OCH3 is 1. The third-order valence-electron chi connectivity index (χ3n) is 3.09. The largest absolute Gasteiger partial charge is 0.481 e. The van der Waals surface area contributed by atoms with Crippen LogP contribution in [0.25, 0.3) is 0 Å². The molecule has 1 atom stereocenters. The van der Waals surface area contributed by atoms with Gasteiger partial charge in [-0.3, -0.25) is 0 Å². The summed E-state index contributed by atoms with van der Waals surface area (Å²) in [5, 5.41) is 2.89. The summed E-state index contributed by atoms with van der Waals surface area (Å²) in [4.78, 5) is 3.92. The first-order valence-electron chi connectivity index (χ1n) is 6.25. The fraction of sp³-hybridized carbons (Fsp3) is 0.583. The lowest BCUT2D eigenvalue weighted by atomic mass is 10.1. The summed E-state index contributed by atoms with van der Waals surface area (Å²) in [6, 6.07) is 2.88. The SMILES string of the molecule is COc1ccc(S(=O)(=O)N2CCNCC(C)(F)C2)cn1. The Bertz CT molecular complexity index is 560. The van der Waals surface area contributed by atoms with E-state index in [1.165, 1.54) is 32.4 Å². The van der Waals surface area contributed by atoms with Crippen molar-refractivity contribution in [1.82, 2.24) is 14.6 Å². The van der Waals surface area contributed by atoms with E-state index >= 15 is 0 Å². The molecule has 8 heteroatoms. The molecule has 112 valence electrons. The van der Waals surface area contributed by atoms with Crippen LogP contribution in [0.1, 0.15) is 6.92 Å². The number of halogens is 1. The molecule has 0 bridgehead atoms. The van der Waals surface area contributed by atoms with Crippen molar-refractivity contribution in [3.05, 3.63) is 18.3 Å². The summed E-state index contributed by atoms with van der Waals surface area (Å²) in [5.41, 5.74) is -1.59. The van der Waals surface area contributed by atoms with Crippen LogP contribution in [0.4, 0.5) is 4.39 Å². The fourth-order valence-corrected chi connectivity index (χ4v) is 3.54. The third-order valence-corrected chi connectivity index (χ3v) is 4.92. The number of ether oxygens (including phenoxy) is 1. The lowest BCUT2D eigenvalue weighted by molar-refractivity contribution is 0.166. The molecule has 2 rings (SSSR count). The second-order valence-corrected chi connectivity index (χ2v) is 6.90. The molecule has 1 aromatic rings. The zero-order chi connectivity index (χ0) is 14.8. The Morgan fingerprint density at radius 3 is 2.85 bits per heavy atom. The van der Waals surface area contributed by atoms with Gasteiger partial charge in [0.15, 0.2) is 0 Å². The van der Waals surface area contributed by atoms with E-state index in [9.17, 15) is 12.8 Å². The number of pyridine rings is 1. The van der Waals surface area contributed by atoms with Crippen LogP contribution in [0.5, 0.6) is 5.88 Å². The molecule has 1 N–H and O–H groups in total. The maximum Gasteiger partial charge on any atom is 0.244 e. The predicted octanol–water partition coefficient (Wildman–Crippen LogP) is 0.412. The van der Waals surface area contributed by atoms with Crippen molar-refractivity contribution in [2.45, 2.75) is 17.5 Å². The van der Waals surface area contributed by atoms with Crippen LogP contribution in [0, 0.1) is 0 Å². The molecule has 6 nitrogen and oxygen atoms in total. The molecule has 20 heavy (non-hydrogen) atoms. The summed E-state index contributed by atoms with van der Waals surface area (Å²) < 4.78 is 45.1. The predicted molar refractivity (Wildman–Crippen MR) is 71.9 cm³/mol. The monoisotopic (exact) mass is 303 g/mol. The van der Waals surface area contributed by atoms with Gasteiger partial charge in [0.1, 0.15) is 10.6 Å². The van der Waals surface area contributed by atoms with Gasteiger partial charge in [-0.15, -0.1) is 0 Å². The number of nitrogens with zero attached hydrogens (tertiary/aromatic N) is 2. The van der Waals surface area contributed by atoms with E-state index in [4.69, 9.17) is 4.74 Å². The summed E-state index contributed by atoms with van der Waals surface area (Å²) in [7, 11) is -2.30. The highest BCUT2D eigenvalue weighted by molar-refractivity contribution is 7.89. The topological polar surface area (TPSA) is 71.5 Å². The summed E-state index contributed by atoms with van der Waals surface area (Å²) in [6.07, 6.45) is 1.22. The van der Waals surface area contributed by atoms with Crippen molar-refractivity contribution in [1.29, 1.82) is 0 Å². The number of alkyl halides is 1. The van der Waals surface area contributed by atoms with Crippen LogP contribution >= 0.6 is 0 Å². The van der Waals surface area contributed by atoms with Crippen LogP contribution in [0.2, 0.25) is 0 Å². The Hall–Kier alpha value is -1.25. The second-order valence-electron chi connectivity index (χ2n) is 4.96. The van der Waals surface area contributed by atoms with Gasteiger partial charge in [0.2, 0.25) is 15.9 Å². The molecule has 1 aliphatic rings. The van der Waals surface area contributed by atoms with Crippen molar-refractivity contribution >= 4 is 10.0 Å². The number of rotatable bonds is 3. The van der Waals surface area contributed by atoms with Gasteiger partial charge < -0.3 is 10.1 Å². The summed E-state index contributed by atoms with van der Waals surface area (Å²) >= 11 is 0. The average Bonchev–Trinajstić information content (AvgIpc) is 2.60. The number of aromatic nitrogens is 1.